The molecule has 0 aliphatic heterocycles. The van der Waals surface area contributed by atoms with Crippen molar-refractivity contribution in [3.8, 4) is 0 Å². The average Bonchev–Trinajstić information content (AvgIpc) is 2.98. The first kappa shape index (κ1) is 14.3. The van der Waals surface area contributed by atoms with Gasteiger partial charge in [-0.15, -0.1) is 0 Å². The molecule has 2 aliphatic carbocycles. The first-order chi connectivity index (χ1) is 8.97. The van der Waals surface area contributed by atoms with E-state index in [1.165, 1.54) is 0 Å². The van der Waals surface area contributed by atoms with Gasteiger partial charge in [-0.1, -0.05) is 12.8 Å². The maximum atomic E-state index is 11.6. The molecule has 2 fully saturated rings. The molecule has 0 heterocycles. The second-order valence-corrected chi connectivity index (χ2v) is 5.90. The van der Waals surface area contributed by atoms with Crippen molar-refractivity contribution in [3.05, 3.63) is 0 Å². The summed E-state index contributed by atoms with van der Waals surface area (Å²) in [5.74, 6) is -0.331. The lowest BCUT2D eigenvalue weighted by Crippen LogP contribution is -2.47. The lowest BCUT2D eigenvalue weighted by atomic mass is 10.0. The van der Waals surface area contributed by atoms with Crippen LogP contribution in [0.2, 0.25) is 0 Å². The van der Waals surface area contributed by atoms with Gasteiger partial charge in [0, 0.05) is 12.6 Å². The molecule has 6 heteroatoms. The maximum absolute atomic E-state index is 11.6. The predicted molar refractivity (Wildman–Crippen MR) is 70.6 cm³/mol. The van der Waals surface area contributed by atoms with Crippen LogP contribution in [-0.4, -0.2) is 53.7 Å². The topological polar surface area (TPSA) is 81.7 Å². The Balaban J connectivity index is 1.67. The van der Waals surface area contributed by atoms with E-state index in [2.05, 4.69) is 10.6 Å². The molecule has 2 rings (SSSR count). The van der Waals surface area contributed by atoms with Crippen LogP contribution >= 0.6 is 0 Å². The number of likely N-dealkylation sites (N-methyl/N-ethyl adjacent to an activating group) is 1. The van der Waals surface area contributed by atoms with Gasteiger partial charge in [0.05, 0.1) is 12.1 Å². The third kappa shape index (κ3) is 4.80. The average molecular weight is 269 g/mol. The van der Waals surface area contributed by atoms with E-state index in [0.29, 0.717) is 6.54 Å². The number of nitrogens with zero attached hydrogens (tertiary/aromatic N) is 1. The van der Waals surface area contributed by atoms with Gasteiger partial charge in [-0.05, 0) is 32.7 Å². The van der Waals surface area contributed by atoms with Crippen molar-refractivity contribution < 1.29 is 14.7 Å². The Hall–Kier alpha value is -1.14. The van der Waals surface area contributed by atoms with Crippen LogP contribution in [0.15, 0.2) is 0 Å². The fraction of sp³-hybridized carbons (Fsp3) is 0.846. The molecule has 2 aliphatic rings. The largest absolute Gasteiger partial charge is 0.389 e. The molecule has 0 spiro atoms. The van der Waals surface area contributed by atoms with E-state index >= 15 is 0 Å². The first-order valence-corrected chi connectivity index (χ1v) is 6.98. The van der Waals surface area contributed by atoms with E-state index in [9.17, 15) is 14.7 Å². The second-order valence-electron chi connectivity index (χ2n) is 5.90. The fourth-order valence-corrected chi connectivity index (χ4v) is 2.61. The molecule has 2 saturated carbocycles. The van der Waals surface area contributed by atoms with E-state index < -0.39 is 11.6 Å². The predicted octanol–water partition coefficient (Wildman–Crippen LogP) is 0.212. The third-order valence-corrected chi connectivity index (χ3v) is 3.68. The van der Waals surface area contributed by atoms with Crippen molar-refractivity contribution in [2.24, 2.45) is 0 Å². The van der Waals surface area contributed by atoms with E-state index in [1.54, 1.807) is 11.9 Å². The Labute approximate surface area is 113 Å². The highest BCUT2D eigenvalue weighted by atomic mass is 16.3. The molecule has 6 nitrogen and oxygen atoms in total. The Kier molecular flexibility index (Phi) is 4.42. The molecule has 0 saturated heterocycles. The van der Waals surface area contributed by atoms with Crippen LogP contribution in [0, 0.1) is 0 Å². The number of aliphatic hydroxyl groups is 1. The van der Waals surface area contributed by atoms with Gasteiger partial charge in [0.15, 0.2) is 0 Å². The second kappa shape index (κ2) is 5.88. The number of rotatable bonds is 5. The van der Waals surface area contributed by atoms with E-state index in [4.69, 9.17) is 0 Å². The maximum Gasteiger partial charge on any atom is 0.321 e. The van der Waals surface area contributed by atoms with E-state index in [0.717, 1.165) is 38.5 Å². The Morgan fingerprint density at radius 2 is 1.95 bits per heavy atom. The molecule has 108 valence electrons. The van der Waals surface area contributed by atoms with Crippen molar-refractivity contribution in [1.82, 2.24) is 15.5 Å². The minimum absolute atomic E-state index is 0.125. The molecular formula is C13H23N3O3. The standard InChI is InChI=1S/C13H23N3O3/c1-16(9-13(19)6-2-3-7-13)8-11(17)15-12(18)14-10-4-5-10/h10,19H,2-9H2,1H3,(H2,14,15,17,18). The molecule has 0 unspecified atom stereocenters. The van der Waals surface area contributed by atoms with Gasteiger partial charge in [-0.25, -0.2) is 4.79 Å². The summed E-state index contributed by atoms with van der Waals surface area (Å²) in [6.45, 7) is 0.602. The zero-order valence-corrected chi connectivity index (χ0v) is 11.4. The molecular weight excluding hydrogens is 246 g/mol. The summed E-state index contributed by atoms with van der Waals surface area (Å²) in [7, 11) is 1.79. The molecule has 0 aromatic rings. The van der Waals surface area contributed by atoms with E-state index in [-0.39, 0.29) is 18.5 Å². The minimum atomic E-state index is -0.661. The summed E-state index contributed by atoms with van der Waals surface area (Å²) in [4.78, 5) is 24.8. The van der Waals surface area contributed by atoms with Crippen LogP contribution in [0.5, 0.6) is 0 Å². The number of hydrogen-bond donors (Lipinski definition) is 3. The zero-order chi connectivity index (χ0) is 13.9. The van der Waals surface area contributed by atoms with E-state index in [1.807, 2.05) is 0 Å². The summed E-state index contributed by atoms with van der Waals surface area (Å²) in [5.41, 5.74) is -0.661. The number of carbonyl (C=O) groups is 2. The lowest BCUT2D eigenvalue weighted by Gasteiger charge is -2.28. The van der Waals surface area contributed by atoms with Gasteiger partial charge in [0.1, 0.15) is 0 Å². The summed E-state index contributed by atoms with van der Waals surface area (Å²) in [6, 6.07) is -0.176. The number of carbonyl (C=O) groups excluding carboxylic acids is 2. The van der Waals surface area contributed by atoms with Crippen LogP contribution in [0.3, 0.4) is 0 Å². The van der Waals surface area contributed by atoms with Gasteiger partial charge in [0.25, 0.3) is 0 Å². The van der Waals surface area contributed by atoms with Crippen molar-refractivity contribution in [1.29, 1.82) is 0 Å². The van der Waals surface area contributed by atoms with Gasteiger partial charge >= 0.3 is 6.03 Å². The van der Waals surface area contributed by atoms with Crippen LogP contribution in [0.1, 0.15) is 38.5 Å². The SMILES string of the molecule is CN(CC(=O)NC(=O)NC1CC1)CC1(O)CCCC1. The van der Waals surface area contributed by atoms with Crippen LogP contribution in [0.4, 0.5) is 4.79 Å². The molecule has 19 heavy (non-hydrogen) atoms. The van der Waals surface area contributed by atoms with Crippen LogP contribution in [-0.2, 0) is 4.79 Å². The third-order valence-electron chi connectivity index (χ3n) is 3.68. The molecule has 3 amide bonds. The molecule has 3 N–H and O–H groups in total. The summed E-state index contributed by atoms with van der Waals surface area (Å²) in [5, 5.41) is 15.2. The van der Waals surface area contributed by atoms with Crippen molar-refractivity contribution >= 4 is 11.9 Å². The molecule has 0 radical (unpaired) electrons. The number of hydrogen-bond acceptors (Lipinski definition) is 4. The highest BCUT2D eigenvalue weighted by molar-refractivity contribution is 5.95. The summed E-state index contributed by atoms with van der Waals surface area (Å²) >= 11 is 0. The Morgan fingerprint density at radius 3 is 2.53 bits per heavy atom. The van der Waals surface area contributed by atoms with Gasteiger partial charge in [-0.2, -0.15) is 0 Å². The van der Waals surface area contributed by atoms with Crippen LogP contribution in [0.25, 0.3) is 0 Å². The number of imide groups is 1. The van der Waals surface area contributed by atoms with Crippen molar-refractivity contribution in [3.63, 3.8) is 0 Å². The molecule has 0 aromatic carbocycles. The lowest BCUT2D eigenvalue weighted by molar-refractivity contribution is -0.121. The molecule has 0 aromatic heterocycles. The number of amides is 3. The van der Waals surface area contributed by atoms with Gasteiger partial charge < -0.3 is 10.4 Å². The molecule has 0 bridgehead atoms. The van der Waals surface area contributed by atoms with Crippen molar-refractivity contribution in [2.45, 2.75) is 50.2 Å². The highest BCUT2D eigenvalue weighted by Crippen LogP contribution is 2.29. The zero-order valence-electron chi connectivity index (χ0n) is 11.4. The van der Waals surface area contributed by atoms with Crippen LogP contribution < -0.4 is 10.6 Å². The summed E-state index contributed by atoms with van der Waals surface area (Å²) < 4.78 is 0. The first-order valence-electron chi connectivity index (χ1n) is 6.98. The normalized spacial score (nSPS) is 21.4. The summed E-state index contributed by atoms with van der Waals surface area (Å²) in [6.07, 6.45) is 5.66. The smallest absolute Gasteiger partial charge is 0.321 e. The number of urea groups is 1. The van der Waals surface area contributed by atoms with Crippen molar-refractivity contribution in [2.75, 3.05) is 20.1 Å². The highest BCUT2D eigenvalue weighted by Gasteiger charge is 2.32. The quantitative estimate of drug-likeness (QED) is 0.666. The monoisotopic (exact) mass is 269 g/mol. The Morgan fingerprint density at radius 1 is 1.32 bits per heavy atom. The fourth-order valence-electron chi connectivity index (χ4n) is 2.61. The Bertz CT molecular complexity index is 349. The molecule has 0 atom stereocenters. The number of nitrogens with one attached hydrogen (secondary N) is 2. The van der Waals surface area contributed by atoms with Gasteiger partial charge in [0.2, 0.25) is 5.91 Å². The van der Waals surface area contributed by atoms with Gasteiger partial charge in [-0.3, -0.25) is 15.0 Å². The minimum Gasteiger partial charge on any atom is -0.389 e.